The second-order valence-electron chi connectivity index (χ2n) is 3.15. The van der Waals surface area contributed by atoms with Gasteiger partial charge in [-0.15, -0.1) is 24.2 Å². The van der Waals surface area contributed by atoms with E-state index in [1.807, 2.05) is 0 Å². The number of likely N-dealkylation sites (N-methyl/N-ethyl adjacent to an activating group) is 1. The summed E-state index contributed by atoms with van der Waals surface area (Å²) in [5.41, 5.74) is 0. The van der Waals surface area contributed by atoms with Crippen molar-refractivity contribution in [1.82, 2.24) is 10.6 Å². The summed E-state index contributed by atoms with van der Waals surface area (Å²) in [5, 5.41) is 6.33. The third kappa shape index (κ3) is 5.08. The quantitative estimate of drug-likeness (QED) is 0.703. The first kappa shape index (κ1) is 14.1. The van der Waals surface area contributed by atoms with Crippen LogP contribution in [0.2, 0.25) is 0 Å². The lowest BCUT2D eigenvalue weighted by atomic mass is 10.2. The number of hydrogen-bond acceptors (Lipinski definition) is 3. The molecule has 1 aliphatic heterocycles. The van der Waals surface area contributed by atoms with Crippen LogP contribution in [0.15, 0.2) is 0 Å². The van der Waals surface area contributed by atoms with E-state index in [1.165, 1.54) is 6.42 Å². The van der Waals surface area contributed by atoms with Crippen molar-refractivity contribution in [2.75, 3.05) is 25.4 Å². The Morgan fingerprint density at radius 1 is 1.50 bits per heavy atom. The molecule has 0 spiro atoms. The Labute approximate surface area is 96.2 Å². The summed E-state index contributed by atoms with van der Waals surface area (Å²) >= 11 is 1.78. The highest BCUT2D eigenvalue weighted by atomic mass is 35.5. The van der Waals surface area contributed by atoms with E-state index in [4.69, 9.17) is 0 Å². The van der Waals surface area contributed by atoms with Crippen LogP contribution in [0.25, 0.3) is 0 Å². The van der Waals surface area contributed by atoms with Crippen molar-refractivity contribution in [2.24, 2.45) is 0 Å². The lowest BCUT2D eigenvalue weighted by Crippen LogP contribution is -2.36. The second-order valence-corrected chi connectivity index (χ2v) is 4.46. The molecule has 1 aliphatic rings. The van der Waals surface area contributed by atoms with Crippen LogP contribution < -0.4 is 10.6 Å². The van der Waals surface area contributed by atoms with Crippen molar-refractivity contribution in [3.63, 3.8) is 0 Å². The molecule has 84 valence electrons. The topological polar surface area (TPSA) is 41.1 Å². The summed E-state index contributed by atoms with van der Waals surface area (Å²) < 4.78 is 0. The Hall–Kier alpha value is 0.0700. The first-order valence-electron chi connectivity index (χ1n) is 4.94. The minimum absolute atomic E-state index is 0. The van der Waals surface area contributed by atoms with Crippen molar-refractivity contribution in [2.45, 2.75) is 25.0 Å². The molecule has 1 unspecified atom stereocenters. The molecule has 1 fully saturated rings. The van der Waals surface area contributed by atoms with Crippen LogP contribution in [0, 0.1) is 0 Å². The Bertz CT molecular complexity index is 163. The number of rotatable bonds is 5. The molecule has 0 radical (unpaired) electrons. The number of nitrogens with one attached hydrogen (secondary N) is 2. The number of carbonyl (C=O) groups excluding carboxylic acids is 1. The van der Waals surface area contributed by atoms with Gasteiger partial charge in [0, 0.05) is 13.1 Å². The van der Waals surface area contributed by atoms with Crippen molar-refractivity contribution in [1.29, 1.82) is 0 Å². The van der Waals surface area contributed by atoms with Gasteiger partial charge in [0.2, 0.25) is 5.91 Å². The maximum Gasteiger partial charge on any atom is 0.233 e. The van der Waals surface area contributed by atoms with Crippen LogP contribution in [0.3, 0.4) is 0 Å². The normalized spacial score (nSPS) is 20.2. The molecule has 0 aromatic heterocycles. The van der Waals surface area contributed by atoms with Gasteiger partial charge in [-0.3, -0.25) is 4.79 Å². The Kier molecular flexibility index (Phi) is 8.43. The highest BCUT2D eigenvalue weighted by Gasteiger charge is 2.22. The minimum atomic E-state index is 0. The molecule has 14 heavy (non-hydrogen) atoms. The summed E-state index contributed by atoms with van der Waals surface area (Å²) in [4.78, 5) is 11.4. The van der Waals surface area contributed by atoms with Crippen molar-refractivity contribution in [3.05, 3.63) is 0 Å². The highest BCUT2D eigenvalue weighted by molar-refractivity contribution is 8.00. The Morgan fingerprint density at radius 2 is 2.29 bits per heavy atom. The minimum Gasteiger partial charge on any atom is -0.354 e. The van der Waals surface area contributed by atoms with Crippen LogP contribution in [0.5, 0.6) is 0 Å². The van der Waals surface area contributed by atoms with Gasteiger partial charge in [0.05, 0.1) is 5.25 Å². The molecule has 1 rings (SSSR count). The van der Waals surface area contributed by atoms with E-state index in [-0.39, 0.29) is 23.6 Å². The molecule has 5 heteroatoms. The lowest BCUT2D eigenvalue weighted by Gasteiger charge is -2.09. The molecule has 0 saturated carbocycles. The van der Waals surface area contributed by atoms with Crippen LogP contribution in [-0.2, 0) is 4.79 Å². The molecule has 2 N–H and O–H groups in total. The van der Waals surface area contributed by atoms with Gasteiger partial charge in [-0.2, -0.15) is 0 Å². The van der Waals surface area contributed by atoms with Crippen molar-refractivity contribution in [3.8, 4) is 0 Å². The molecule has 1 heterocycles. The predicted octanol–water partition coefficient (Wildman–Crippen LogP) is 1.03. The second kappa shape index (κ2) is 8.38. The summed E-state index contributed by atoms with van der Waals surface area (Å²) in [6.07, 6.45) is 2.24. The van der Waals surface area contributed by atoms with Crippen LogP contribution >= 0.6 is 24.2 Å². The monoisotopic (exact) mass is 238 g/mol. The maximum absolute atomic E-state index is 11.4. The number of hydrogen-bond donors (Lipinski definition) is 2. The molecule has 1 amide bonds. The zero-order chi connectivity index (χ0) is 9.52. The van der Waals surface area contributed by atoms with Gasteiger partial charge in [0.25, 0.3) is 0 Å². The molecule has 3 nitrogen and oxygen atoms in total. The van der Waals surface area contributed by atoms with E-state index in [1.54, 1.807) is 11.8 Å². The van der Waals surface area contributed by atoms with Gasteiger partial charge in [0.15, 0.2) is 0 Å². The summed E-state index contributed by atoms with van der Waals surface area (Å²) in [5.74, 6) is 1.37. The molecule has 1 saturated heterocycles. The van der Waals surface area contributed by atoms with Crippen molar-refractivity contribution >= 4 is 30.1 Å². The number of halogens is 1. The van der Waals surface area contributed by atoms with Gasteiger partial charge in [-0.05, 0) is 25.1 Å². The van der Waals surface area contributed by atoms with Gasteiger partial charge in [0.1, 0.15) is 0 Å². The van der Waals surface area contributed by atoms with Crippen LogP contribution in [0.4, 0.5) is 0 Å². The fraction of sp³-hybridized carbons (Fsp3) is 0.889. The predicted molar refractivity (Wildman–Crippen MR) is 64.3 cm³/mol. The van der Waals surface area contributed by atoms with E-state index in [2.05, 4.69) is 17.6 Å². The van der Waals surface area contributed by atoms with E-state index in [9.17, 15) is 4.79 Å². The highest BCUT2D eigenvalue weighted by Crippen LogP contribution is 2.25. The molecular weight excluding hydrogens is 220 g/mol. The lowest BCUT2D eigenvalue weighted by molar-refractivity contribution is -0.120. The smallest absolute Gasteiger partial charge is 0.233 e. The summed E-state index contributed by atoms with van der Waals surface area (Å²) in [6, 6.07) is 0. The summed E-state index contributed by atoms with van der Waals surface area (Å²) in [7, 11) is 0. The van der Waals surface area contributed by atoms with Crippen LogP contribution in [-0.4, -0.2) is 36.5 Å². The summed E-state index contributed by atoms with van der Waals surface area (Å²) in [6.45, 7) is 4.66. The number of amides is 1. The molecule has 0 bridgehead atoms. The largest absolute Gasteiger partial charge is 0.354 e. The van der Waals surface area contributed by atoms with Gasteiger partial charge < -0.3 is 10.6 Å². The Balaban J connectivity index is 0.00000169. The van der Waals surface area contributed by atoms with Gasteiger partial charge in [-0.25, -0.2) is 0 Å². The SMILES string of the molecule is CCNCCNC(=O)C1CCCS1.Cl. The van der Waals surface area contributed by atoms with Crippen LogP contribution in [0.1, 0.15) is 19.8 Å². The van der Waals surface area contributed by atoms with Gasteiger partial charge in [-0.1, -0.05) is 6.92 Å². The zero-order valence-electron chi connectivity index (χ0n) is 8.54. The average Bonchev–Trinajstić information content (AvgIpc) is 2.65. The fourth-order valence-corrected chi connectivity index (χ4v) is 2.54. The molecule has 1 atom stereocenters. The third-order valence-corrected chi connectivity index (χ3v) is 3.45. The standard InChI is InChI=1S/C9H18N2OS.ClH/c1-2-10-5-6-11-9(12)8-4-3-7-13-8;/h8,10H,2-7H2,1H3,(H,11,12);1H. The average molecular weight is 239 g/mol. The van der Waals surface area contributed by atoms with E-state index < -0.39 is 0 Å². The maximum atomic E-state index is 11.4. The number of thioether (sulfide) groups is 1. The zero-order valence-corrected chi connectivity index (χ0v) is 10.2. The fourth-order valence-electron chi connectivity index (χ4n) is 1.35. The molecule has 0 aliphatic carbocycles. The number of carbonyl (C=O) groups is 1. The van der Waals surface area contributed by atoms with E-state index in [0.717, 1.165) is 31.8 Å². The first-order chi connectivity index (χ1) is 6.34. The van der Waals surface area contributed by atoms with Gasteiger partial charge >= 0.3 is 0 Å². The van der Waals surface area contributed by atoms with E-state index in [0.29, 0.717) is 0 Å². The van der Waals surface area contributed by atoms with Crippen molar-refractivity contribution < 1.29 is 4.79 Å². The first-order valence-corrected chi connectivity index (χ1v) is 5.99. The van der Waals surface area contributed by atoms with E-state index >= 15 is 0 Å². The molecular formula is C9H19ClN2OS. The third-order valence-electron chi connectivity index (χ3n) is 2.07. The molecule has 0 aromatic carbocycles. The molecule has 0 aromatic rings. The Morgan fingerprint density at radius 3 is 2.86 bits per heavy atom.